The third-order valence-electron chi connectivity index (χ3n) is 2.51. The molecule has 18 heavy (non-hydrogen) atoms. The molecule has 0 N–H and O–H groups in total. The van der Waals surface area contributed by atoms with Crippen LogP contribution in [0.15, 0.2) is 22.8 Å². The molecule has 0 amide bonds. The Morgan fingerprint density at radius 3 is 2.39 bits per heavy atom. The van der Waals surface area contributed by atoms with Crippen molar-refractivity contribution in [1.29, 1.82) is 0 Å². The minimum atomic E-state index is -4.36. The lowest BCUT2D eigenvalue weighted by Crippen LogP contribution is -2.05. The molecule has 0 atom stereocenters. The summed E-state index contributed by atoms with van der Waals surface area (Å²) in [6, 6.07) is 3.46. The summed E-state index contributed by atoms with van der Waals surface area (Å²) in [5.41, 5.74) is -0.397. The lowest BCUT2D eigenvalue weighted by Gasteiger charge is -2.10. The lowest BCUT2D eigenvalue weighted by molar-refractivity contribution is -0.137. The predicted octanol–water partition coefficient (Wildman–Crippen LogP) is 4.53. The van der Waals surface area contributed by atoms with Crippen molar-refractivity contribution in [3.05, 3.63) is 34.2 Å². The van der Waals surface area contributed by atoms with Crippen LogP contribution in [0.2, 0.25) is 0 Å². The fourth-order valence-electron chi connectivity index (χ4n) is 1.54. The van der Waals surface area contributed by atoms with Crippen LogP contribution in [0.3, 0.4) is 0 Å². The molecule has 0 saturated heterocycles. The fraction of sp³-hybridized carbons (Fsp3) is 0.333. The van der Waals surface area contributed by atoms with E-state index in [1.54, 1.807) is 0 Å². The highest BCUT2D eigenvalue weighted by molar-refractivity contribution is 9.10. The zero-order chi connectivity index (χ0) is 13.5. The monoisotopic (exact) mass is 318 g/mol. The Morgan fingerprint density at radius 2 is 1.83 bits per heavy atom. The van der Waals surface area contributed by atoms with E-state index < -0.39 is 11.7 Å². The maximum absolute atomic E-state index is 12.6. The van der Waals surface area contributed by atoms with Crippen molar-refractivity contribution in [3.63, 3.8) is 0 Å². The minimum Gasteiger partial charge on any atom is -0.233 e. The van der Waals surface area contributed by atoms with E-state index in [4.69, 9.17) is 0 Å². The summed E-state index contributed by atoms with van der Waals surface area (Å²) < 4.78 is 38.4. The van der Waals surface area contributed by atoms with Crippen molar-refractivity contribution in [2.45, 2.75) is 25.9 Å². The molecule has 2 rings (SSSR count). The number of nitrogens with zero attached hydrogens (tertiary/aromatic N) is 2. The average Bonchev–Trinajstić information content (AvgIpc) is 2.26. The van der Waals surface area contributed by atoms with Gasteiger partial charge in [-0.25, -0.2) is 9.97 Å². The largest absolute Gasteiger partial charge is 0.416 e. The van der Waals surface area contributed by atoms with E-state index in [0.717, 1.165) is 12.1 Å². The highest BCUT2D eigenvalue weighted by Crippen LogP contribution is 2.32. The second-order valence-electron chi connectivity index (χ2n) is 4.26. The first-order chi connectivity index (χ1) is 8.29. The summed E-state index contributed by atoms with van der Waals surface area (Å²) in [6.07, 6.45) is -4.36. The molecular weight excluding hydrogens is 309 g/mol. The normalized spacial score (nSPS) is 12.4. The van der Waals surface area contributed by atoms with Gasteiger partial charge in [0.1, 0.15) is 10.4 Å². The Bertz CT molecular complexity index is 594. The van der Waals surface area contributed by atoms with Crippen LogP contribution >= 0.6 is 15.9 Å². The van der Waals surface area contributed by atoms with Gasteiger partial charge < -0.3 is 0 Å². The van der Waals surface area contributed by atoms with Gasteiger partial charge >= 0.3 is 6.18 Å². The molecule has 0 radical (unpaired) electrons. The van der Waals surface area contributed by atoms with E-state index >= 15 is 0 Å². The van der Waals surface area contributed by atoms with Crippen LogP contribution in [0.4, 0.5) is 13.2 Å². The molecule has 0 fully saturated rings. The van der Waals surface area contributed by atoms with Gasteiger partial charge in [0, 0.05) is 11.3 Å². The summed E-state index contributed by atoms with van der Waals surface area (Å²) in [5, 5.41) is 0.576. The van der Waals surface area contributed by atoms with Gasteiger partial charge in [-0.15, -0.1) is 0 Å². The van der Waals surface area contributed by atoms with Crippen LogP contribution in [0.5, 0.6) is 0 Å². The third-order valence-corrected chi connectivity index (χ3v) is 3.12. The lowest BCUT2D eigenvalue weighted by atomic mass is 10.1. The molecule has 1 aromatic carbocycles. The SMILES string of the molecule is CC(C)c1nc(Br)c2ccc(C(F)(F)F)cc2n1. The molecule has 0 saturated carbocycles. The molecule has 1 aromatic heterocycles. The van der Waals surface area contributed by atoms with Crippen LogP contribution in [0, 0.1) is 0 Å². The van der Waals surface area contributed by atoms with E-state index in [0.29, 0.717) is 21.3 Å². The summed E-state index contributed by atoms with van der Waals surface area (Å²) >= 11 is 3.26. The van der Waals surface area contributed by atoms with Gasteiger partial charge in [0.05, 0.1) is 11.1 Å². The molecule has 1 heterocycles. The maximum Gasteiger partial charge on any atom is 0.416 e. The number of alkyl halides is 3. The van der Waals surface area contributed by atoms with Gasteiger partial charge in [0.15, 0.2) is 0 Å². The second-order valence-corrected chi connectivity index (χ2v) is 5.01. The molecule has 0 spiro atoms. The van der Waals surface area contributed by atoms with Crippen molar-refractivity contribution >= 4 is 26.8 Å². The number of benzene rings is 1. The van der Waals surface area contributed by atoms with Crippen molar-refractivity contribution in [1.82, 2.24) is 9.97 Å². The molecule has 0 aliphatic carbocycles. The van der Waals surface area contributed by atoms with Crippen molar-refractivity contribution < 1.29 is 13.2 Å². The number of hydrogen-bond acceptors (Lipinski definition) is 2. The molecule has 0 bridgehead atoms. The van der Waals surface area contributed by atoms with Gasteiger partial charge in [-0.3, -0.25) is 0 Å². The first-order valence-corrected chi connectivity index (χ1v) is 6.12. The number of halogens is 4. The van der Waals surface area contributed by atoms with Crippen LogP contribution in [-0.4, -0.2) is 9.97 Å². The van der Waals surface area contributed by atoms with E-state index in [-0.39, 0.29) is 5.92 Å². The van der Waals surface area contributed by atoms with Gasteiger partial charge in [-0.2, -0.15) is 13.2 Å². The Labute approximate surface area is 110 Å². The highest BCUT2D eigenvalue weighted by atomic mass is 79.9. The van der Waals surface area contributed by atoms with Gasteiger partial charge in [-0.1, -0.05) is 13.8 Å². The number of aromatic nitrogens is 2. The predicted molar refractivity (Wildman–Crippen MR) is 66.3 cm³/mol. The van der Waals surface area contributed by atoms with Crippen molar-refractivity contribution in [2.75, 3.05) is 0 Å². The Kier molecular flexibility index (Phi) is 3.31. The molecule has 2 nitrogen and oxygen atoms in total. The maximum atomic E-state index is 12.6. The summed E-state index contributed by atoms with van der Waals surface area (Å²) in [5.74, 6) is 0.578. The zero-order valence-corrected chi connectivity index (χ0v) is 11.3. The standard InChI is InChI=1S/C12H10BrF3N2/c1-6(2)11-17-9-5-7(12(14,15)16)3-4-8(9)10(13)18-11/h3-6H,1-2H3. The van der Waals surface area contributed by atoms with E-state index in [1.807, 2.05) is 13.8 Å². The van der Waals surface area contributed by atoms with Gasteiger partial charge in [0.2, 0.25) is 0 Å². The quantitative estimate of drug-likeness (QED) is 0.722. The van der Waals surface area contributed by atoms with Gasteiger partial charge in [0.25, 0.3) is 0 Å². The first kappa shape index (κ1) is 13.3. The highest BCUT2D eigenvalue weighted by Gasteiger charge is 2.30. The van der Waals surface area contributed by atoms with Crippen LogP contribution in [0.25, 0.3) is 10.9 Å². The van der Waals surface area contributed by atoms with Crippen LogP contribution in [0.1, 0.15) is 31.2 Å². The van der Waals surface area contributed by atoms with Crippen molar-refractivity contribution in [3.8, 4) is 0 Å². The molecule has 0 unspecified atom stereocenters. The molecule has 96 valence electrons. The summed E-state index contributed by atoms with van der Waals surface area (Å²) in [7, 11) is 0. The smallest absolute Gasteiger partial charge is 0.233 e. The number of hydrogen-bond donors (Lipinski definition) is 0. The molecule has 0 aliphatic heterocycles. The van der Waals surface area contributed by atoms with E-state index in [1.165, 1.54) is 6.07 Å². The van der Waals surface area contributed by atoms with Crippen LogP contribution in [-0.2, 0) is 6.18 Å². The fourth-order valence-corrected chi connectivity index (χ4v) is 2.06. The molecular formula is C12H10BrF3N2. The Hall–Kier alpha value is -1.17. The molecule has 2 aromatic rings. The van der Waals surface area contributed by atoms with Gasteiger partial charge in [-0.05, 0) is 34.1 Å². The number of fused-ring (bicyclic) bond motifs is 1. The summed E-state index contributed by atoms with van der Waals surface area (Å²) in [4.78, 5) is 8.39. The Morgan fingerprint density at radius 1 is 1.17 bits per heavy atom. The molecule has 0 aliphatic rings. The first-order valence-electron chi connectivity index (χ1n) is 5.33. The molecule has 6 heteroatoms. The Balaban J connectivity index is 2.68. The van der Waals surface area contributed by atoms with E-state index in [9.17, 15) is 13.2 Å². The van der Waals surface area contributed by atoms with Crippen molar-refractivity contribution in [2.24, 2.45) is 0 Å². The topological polar surface area (TPSA) is 25.8 Å². The van der Waals surface area contributed by atoms with E-state index in [2.05, 4.69) is 25.9 Å². The summed E-state index contributed by atoms with van der Waals surface area (Å²) in [6.45, 7) is 3.78. The average molecular weight is 319 g/mol. The number of rotatable bonds is 1. The second kappa shape index (κ2) is 4.50. The third kappa shape index (κ3) is 2.48. The van der Waals surface area contributed by atoms with Crippen LogP contribution < -0.4 is 0 Å². The zero-order valence-electron chi connectivity index (χ0n) is 9.72. The minimum absolute atomic E-state index is 0.0558.